The minimum Gasteiger partial charge on any atom is -0.362 e. The molecule has 0 aliphatic heterocycles. The smallest absolute Gasteiger partial charge is 0.191 e. The Hall–Kier alpha value is -0.420. The standard InChI is InChI=1S/C13H12Br2O2/c14-11-6-12(15)8-13(16,7-11)17-9-10-4-2-1-3-5-10/h1-7,16H,8-9H2. The Morgan fingerprint density at radius 3 is 2.59 bits per heavy atom. The van der Waals surface area contributed by atoms with Crippen molar-refractivity contribution in [3.63, 3.8) is 0 Å². The normalized spacial score (nSPS) is 24.2. The molecule has 1 aliphatic carbocycles. The van der Waals surface area contributed by atoms with E-state index in [1.54, 1.807) is 6.08 Å². The number of allylic oxidation sites excluding steroid dienone is 2. The summed E-state index contributed by atoms with van der Waals surface area (Å²) in [5.74, 6) is -1.25. The van der Waals surface area contributed by atoms with Crippen LogP contribution in [0.1, 0.15) is 12.0 Å². The van der Waals surface area contributed by atoms with Crippen molar-refractivity contribution in [1.29, 1.82) is 0 Å². The van der Waals surface area contributed by atoms with Crippen LogP contribution < -0.4 is 0 Å². The second-order valence-corrected chi connectivity index (χ2v) is 5.85. The molecule has 2 rings (SSSR count). The Morgan fingerprint density at radius 1 is 1.24 bits per heavy atom. The van der Waals surface area contributed by atoms with E-state index in [1.807, 2.05) is 36.4 Å². The molecule has 1 aromatic carbocycles. The molecule has 0 fully saturated rings. The maximum Gasteiger partial charge on any atom is 0.191 e. The van der Waals surface area contributed by atoms with E-state index in [4.69, 9.17) is 4.74 Å². The van der Waals surface area contributed by atoms with Crippen molar-refractivity contribution >= 4 is 31.9 Å². The lowest BCUT2D eigenvalue weighted by molar-refractivity contribution is -0.173. The van der Waals surface area contributed by atoms with E-state index in [1.165, 1.54) is 0 Å². The quantitative estimate of drug-likeness (QED) is 0.830. The maximum absolute atomic E-state index is 10.3. The third-order valence-electron chi connectivity index (χ3n) is 2.41. The summed E-state index contributed by atoms with van der Waals surface area (Å²) in [6.07, 6.45) is 4.00. The SMILES string of the molecule is OC1(OCc2ccccc2)C=C(Br)C=C(Br)C1. The number of benzene rings is 1. The molecule has 0 bridgehead atoms. The lowest BCUT2D eigenvalue weighted by atomic mass is 10.1. The zero-order chi connectivity index (χ0) is 12.3. The number of aliphatic hydroxyl groups is 1. The van der Waals surface area contributed by atoms with E-state index >= 15 is 0 Å². The van der Waals surface area contributed by atoms with Gasteiger partial charge in [0.05, 0.1) is 6.61 Å². The predicted octanol–water partition coefficient (Wildman–Crippen LogP) is 3.85. The summed E-state index contributed by atoms with van der Waals surface area (Å²) in [7, 11) is 0. The molecule has 1 atom stereocenters. The maximum atomic E-state index is 10.3. The minimum atomic E-state index is -1.25. The van der Waals surface area contributed by atoms with Gasteiger partial charge in [-0.2, -0.15) is 0 Å². The fourth-order valence-electron chi connectivity index (χ4n) is 1.63. The first-order chi connectivity index (χ1) is 8.07. The first kappa shape index (κ1) is 13.0. The van der Waals surface area contributed by atoms with Crippen LogP contribution in [0.3, 0.4) is 0 Å². The van der Waals surface area contributed by atoms with E-state index in [2.05, 4.69) is 31.9 Å². The van der Waals surface area contributed by atoms with Gasteiger partial charge in [0.2, 0.25) is 0 Å². The van der Waals surface area contributed by atoms with E-state index in [9.17, 15) is 5.11 Å². The average Bonchev–Trinajstić information content (AvgIpc) is 2.26. The largest absolute Gasteiger partial charge is 0.362 e. The second-order valence-electron chi connectivity index (χ2n) is 3.92. The first-order valence-electron chi connectivity index (χ1n) is 5.22. The summed E-state index contributed by atoms with van der Waals surface area (Å²) < 4.78 is 7.29. The van der Waals surface area contributed by atoms with Crippen LogP contribution in [0.15, 0.2) is 51.4 Å². The highest BCUT2D eigenvalue weighted by Gasteiger charge is 2.29. The summed E-state index contributed by atoms with van der Waals surface area (Å²) >= 11 is 6.73. The van der Waals surface area contributed by atoms with Crippen LogP contribution in [0.25, 0.3) is 0 Å². The van der Waals surface area contributed by atoms with Crippen LogP contribution in [0, 0.1) is 0 Å². The van der Waals surface area contributed by atoms with Gasteiger partial charge in [-0.05, 0) is 17.7 Å². The van der Waals surface area contributed by atoms with Gasteiger partial charge < -0.3 is 9.84 Å². The molecule has 1 aliphatic rings. The van der Waals surface area contributed by atoms with Gasteiger partial charge in [0, 0.05) is 15.4 Å². The van der Waals surface area contributed by atoms with Crippen LogP contribution in [0.4, 0.5) is 0 Å². The molecule has 0 saturated heterocycles. The highest BCUT2D eigenvalue weighted by atomic mass is 79.9. The van der Waals surface area contributed by atoms with E-state index < -0.39 is 5.79 Å². The Morgan fingerprint density at radius 2 is 1.94 bits per heavy atom. The van der Waals surface area contributed by atoms with Crippen molar-refractivity contribution in [2.45, 2.75) is 18.8 Å². The third-order valence-corrected chi connectivity index (χ3v) is 3.38. The van der Waals surface area contributed by atoms with Crippen molar-refractivity contribution in [2.24, 2.45) is 0 Å². The van der Waals surface area contributed by atoms with Crippen LogP contribution >= 0.6 is 31.9 Å². The topological polar surface area (TPSA) is 29.5 Å². The van der Waals surface area contributed by atoms with E-state index in [0.717, 1.165) is 14.5 Å². The molecule has 4 heteroatoms. The molecule has 0 heterocycles. The van der Waals surface area contributed by atoms with Crippen molar-refractivity contribution in [3.8, 4) is 0 Å². The van der Waals surface area contributed by atoms with Crippen LogP contribution in [-0.2, 0) is 11.3 Å². The number of rotatable bonds is 3. The summed E-state index contributed by atoms with van der Waals surface area (Å²) in [5, 5.41) is 10.3. The molecule has 1 unspecified atom stereocenters. The average molecular weight is 360 g/mol. The molecule has 0 aromatic heterocycles. The molecular weight excluding hydrogens is 348 g/mol. The predicted molar refractivity (Wildman–Crippen MR) is 74.8 cm³/mol. The van der Waals surface area contributed by atoms with Gasteiger partial charge in [0.15, 0.2) is 5.79 Å². The van der Waals surface area contributed by atoms with E-state index in [-0.39, 0.29) is 0 Å². The number of halogens is 2. The van der Waals surface area contributed by atoms with Gasteiger partial charge in [-0.1, -0.05) is 62.2 Å². The van der Waals surface area contributed by atoms with E-state index in [0.29, 0.717) is 13.0 Å². The van der Waals surface area contributed by atoms with Crippen LogP contribution in [0.2, 0.25) is 0 Å². The van der Waals surface area contributed by atoms with Gasteiger partial charge >= 0.3 is 0 Å². The van der Waals surface area contributed by atoms with Gasteiger partial charge in [0.25, 0.3) is 0 Å². The highest BCUT2D eigenvalue weighted by Crippen LogP contribution is 2.33. The molecule has 1 N–H and O–H groups in total. The summed E-state index contributed by atoms with van der Waals surface area (Å²) in [6, 6.07) is 9.79. The zero-order valence-electron chi connectivity index (χ0n) is 9.07. The van der Waals surface area contributed by atoms with Crippen molar-refractivity contribution < 1.29 is 9.84 Å². The van der Waals surface area contributed by atoms with Crippen molar-refractivity contribution in [2.75, 3.05) is 0 Å². The third kappa shape index (κ3) is 3.78. The monoisotopic (exact) mass is 358 g/mol. The molecule has 0 amide bonds. The summed E-state index contributed by atoms with van der Waals surface area (Å²) in [4.78, 5) is 0. The summed E-state index contributed by atoms with van der Waals surface area (Å²) in [6.45, 7) is 0.383. The Labute approximate surface area is 117 Å². The minimum absolute atomic E-state index is 0.383. The number of hydrogen-bond acceptors (Lipinski definition) is 2. The van der Waals surface area contributed by atoms with Gasteiger partial charge in [-0.3, -0.25) is 0 Å². The highest BCUT2D eigenvalue weighted by molar-refractivity contribution is 9.12. The fourth-order valence-corrected chi connectivity index (χ4v) is 3.22. The Bertz CT molecular complexity index is 454. The second kappa shape index (κ2) is 5.48. The molecule has 2 nitrogen and oxygen atoms in total. The molecule has 17 heavy (non-hydrogen) atoms. The molecule has 90 valence electrons. The molecular formula is C13H12Br2O2. The lowest BCUT2D eigenvalue weighted by Crippen LogP contribution is -2.31. The Balaban J connectivity index is 2.02. The molecule has 1 aromatic rings. The van der Waals surface area contributed by atoms with Crippen molar-refractivity contribution in [1.82, 2.24) is 0 Å². The van der Waals surface area contributed by atoms with Crippen LogP contribution in [0.5, 0.6) is 0 Å². The summed E-state index contributed by atoms with van der Waals surface area (Å²) in [5.41, 5.74) is 1.04. The number of hydrogen-bond donors (Lipinski definition) is 1. The lowest BCUT2D eigenvalue weighted by Gasteiger charge is -2.27. The number of ether oxygens (including phenoxy) is 1. The Kier molecular flexibility index (Phi) is 4.20. The van der Waals surface area contributed by atoms with Crippen LogP contribution in [-0.4, -0.2) is 10.9 Å². The molecule has 0 spiro atoms. The molecule has 0 saturated carbocycles. The molecule has 0 radical (unpaired) electrons. The first-order valence-corrected chi connectivity index (χ1v) is 6.81. The zero-order valence-corrected chi connectivity index (χ0v) is 12.2. The van der Waals surface area contributed by atoms with Gasteiger partial charge in [0.1, 0.15) is 0 Å². The fraction of sp³-hybridized carbons (Fsp3) is 0.231. The van der Waals surface area contributed by atoms with Gasteiger partial charge in [-0.15, -0.1) is 0 Å². The van der Waals surface area contributed by atoms with Crippen molar-refractivity contribution in [3.05, 3.63) is 57.0 Å². The van der Waals surface area contributed by atoms with Gasteiger partial charge in [-0.25, -0.2) is 0 Å².